The summed E-state index contributed by atoms with van der Waals surface area (Å²) in [6, 6.07) is 7.51. The summed E-state index contributed by atoms with van der Waals surface area (Å²) in [5.41, 5.74) is 4.55. The predicted molar refractivity (Wildman–Crippen MR) is 170 cm³/mol. The SMILES string of the molecule is CC(C)CCN1C(=O)CCCN(C(=O)c2ccc3nnc(-c4cccn4C)n3c2)CCCNC(=O)c2nn(C)c3c2CC1CC3. The number of nitrogens with zero attached hydrogens (tertiary/aromatic N) is 8. The molecule has 12 heteroatoms. The lowest BCUT2D eigenvalue weighted by atomic mass is 9.89. The number of rotatable bonds is 5. The van der Waals surface area contributed by atoms with Crippen molar-refractivity contribution in [2.24, 2.45) is 20.0 Å². The highest BCUT2D eigenvalue weighted by Crippen LogP contribution is 2.28. The van der Waals surface area contributed by atoms with E-state index in [1.54, 1.807) is 23.2 Å². The van der Waals surface area contributed by atoms with E-state index < -0.39 is 0 Å². The van der Waals surface area contributed by atoms with E-state index in [1.165, 1.54) is 0 Å². The molecular formula is C33H43N9O3. The van der Waals surface area contributed by atoms with Gasteiger partial charge in [0.05, 0.1) is 11.3 Å². The van der Waals surface area contributed by atoms with E-state index in [1.807, 2.05) is 51.0 Å². The molecule has 0 fully saturated rings. The molecule has 4 aromatic rings. The Balaban J connectivity index is 1.26. The summed E-state index contributed by atoms with van der Waals surface area (Å²) in [6.45, 7) is 6.33. The number of amides is 3. The van der Waals surface area contributed by atoms with Gasteiger partial charge in [-0.05, 0) is 68.7 Å². The van der Waals surface area contributed by atoms with Crippen molar-refractivity contribution < 1.29 is 14.4 Å². The molecule has 45 heavy (non-hydrogen) atoms. The highest BCUT2D eigenvalue weighted by molar-refractivity contribution is 5.95. The molecule has 4 aromatic heterocycles. The quantitative estimate of drug-likeness (QED) is 0.369. The largest absolute Gasteiger partial charge is 0.351 e. The summed E-state index contributed by atoms with van der Waals surface area (Å²) in [5, 5.41) is 16.3. The minimum atomic E-state index is -0.202. The molecule has 6 rings (SSSR count). The van der Waals surface area contributed by atoms with Gasteiger partial charge in [0.2, 0.25) is 5.91 Å². The maximum absolute atomic E-state index is 14.0. The van der Waals surface area contributed by atoms with Crippen molar-refractivity contribution in [2.45, 2.75) is 64.8 Å². The van der Waals surface area contributed by atoms with Crippen molar-refractivity contribution in [1.29, 1.82) is 0 Å². The average molecular weight is 614 g/mol. The van der Waals surface area contributed by atoms with E-state index in [9.17, 15) is 14.4 Å². The Morgan fingerprint density at radius 1 is 1.07 bits per heavy atom. The lowest BCUT2D eigenvalue weighted by Crippen LogP contribution is -2.45. The van der Waals surface area contributed by atoms with E-state index in [0.717, 1.165) is 36.2 Å². The van der Waals surface area contributed by atoms with Gasteiger partial charge in [0, 0.05) is 76.4 Å². The van der Waals surface area contributed by atoms with Crippen molar-refractivity contribution in [2.75, 3.05) is 26.2 Å². The van der Waals surface area contributed by atoms with Crippen LogP contribution in [0.4, 0.5) is 0 Å². The van der Waals surface area contributed by atoms with Crippen LogP contribution in [0.15, 0.2) is 36.7 Å². The van der Waals surface area contributed by atoms with Crippen LogP contribution in [0.3, 0.4) is 0 Å². The number of fused-ring (bicyclic) bond motifs is 2. The number of carbonyl (C=O) groups excluding carboxylic acids is 3. The van der Waals surface area contributed by atoms with E-state index in [2.05, 4.69) is 34.5 Å². The molecule has 0 saturated carbocycles. The molecular weight excluding hydrogens is 570 g/mol. The van der Waals surface area contributed by atoms with Crippen molar-refractivity contribution in [3.8, 4) is 11.5 Å². The van der Waals surface area contributed by atoms with Gasteiger partial charge >= 0.3 is 0 Å². The lowest BCUT2D eigenvalue weighted by molar-refractivity contribution is -0.134. The van der Waals surface area contributed by atoms with Gasteiger partial charge in [0.1, 0.15) is 0 Å². The van der Waals surface area contributed by atoms with E-state index in [-0.39, 0.29) is 23.8 Å². The number of nitrogens with one attached hydrogen (secondary N) is 1. The third kappa shape index (κ3) is 6.23. The molecule has 1 unspecified atom stereocenters. The highest BCUT2D eigenvalue weighted by atomic mass is 16.2. The number of aryl methyl sites for hydroxylation is 2. The standard InChI is InChI=1S/C33H43N9O3/c1-22(2)14-19-41-24-11-12-26-25(20-24)30(37-39(26)4)32(44)34-15-7-18-40(17-6-9-29(41)43)33(45)23-10-13-28-35-36-31(42(28)21-23)27-8-5-16-38(27)3/h5,8,10,13,16,21-22,24H,6-7,9,11-12,14-15,17-20H2,1-4H3,(H,34,44). The normalized spacial score (nSPS) is 18.3. The van der Waals surface area contributed by atoms with Gasteiger partial charge in [-0.1, -0.05) is 13.8 Å². The topological polar surface area (TPSA) is 123 Å². The Bertz CT molecular complexity index is 1720. The van der Waals surface area contributed by atoms with Crippen LogP contribution in [-0.2, 0) is 31.7 Å². The molecule has 0 spiro atoms. The van der Waals surface area contributed by atoms with Gasteiger partial charge < -0.3 is 19.7 Å². The van der Waals surface area contributed by atoms with Crippen molar-refractivity contribution >= 4 is 23.4 Å². The average Bonchev–Trinajstić information content (AvgIpc) is 3.73. The summed E-state index contributed by atoms with van der Waals surface area (Å²) in [5.74, 6) is 0.899. The molecule has 238 valence electrons. The Morgan fingerprint density at radius 2 is 1.89 bits per heavy atom. The number of aromatic nitrogens is 6. The molecule has 5 heterocycles. The fourth-order valence-corrected chi connectivity index (χ4v) is 6.63. The summed E-state index contributed by atoms with van der Waals surface area (Å²) >= 11 is 0. The Hall–Kier alpha value is -4.48. The molecule has 1 aliphatic heterocycles. The van der Waals surface area contributed by atoms with Crippen molar-refractivity contribution in [1.82, 2.24) is 44.1 Å². The maximum Gasteiger partial charge on any atom is 0.272 e. The van der Waals surface area contributed by atoms with Crippen LogP contribution in [0.2, 0.25) is 0 Å². The summed E-state index contributed by atoms with van der Waals surface area (Å²) < 4.78 is 5.62. The molecule has 1 aliphatic carbocycles. The van der Waals surface area contributed by atoms with Crippen LogP contribution in [0.25, 0.3) is 17.2 Å². The second-order valence-corrected chi connectivity index (χ2v) is 12.7. The molecule has 2 aliphatic rings. The Kier molecular flexibility index (Phi) is 8.73. The number of hydrogen-bond donors (Lipinski definition) is 1. The highest BCUT2D eigenvalue weighted by Gasteiger charge is 2.33. The first-order chi connectivity index (χ1) is 21.7. The van der Waals surface area contributed by atoms with E-state index in [4.69, 9.17) is 0 Å². The molecule has 0 saturated heterocycles. The zero-order valence-corrected chi connectivity index (χ0v) is 26.7. The van der Waals surface area contributed by atoms with Crippen LogP contribution in [0.5, 0.6) is 0 Å². The van der Waals surface area contributed by atoms with Gasteiger partial charge in [0.25, 0.3) is 11.8 Å². The van der Waals surface area contributed by atoms with Gasteiger partial charge in [-0.15, -0.1) is 10.2 Å². The second-order valence-electron chi connectivity index (χ2n) is 12.7. The molecule has 12 nitrogen and oxygen atoms in total. The van der Waals surface area contributed by atoms with Gasteiger partial charge in [-0.2, -0.15) is 5.10 Å². The zero-order valence-electron chi connectivity index (χ0n) is 26.7. The number of carbonyl (C=O) groups is 3. The molecule has 0 aromatic carbocycles. The Labute approximate surface area is 263 Å². The fraction of sp³-hybridized carbons (Fsp3) is 0.515. The smallest absolute Gasteiger partial charge is 0.272 e. The molecule has 0 radical (unpaired) electrons. The minimum Gasteiger partial charge on any atom is -0.351 e. The predicted octanol–water partition coefficient (Wildman–Crippen LogP) is 3.26. The summed E-state index contributed by atoms with van der Waals surface area (Å²) in [7, 11) is 3.83. The van der Waals surface area contributed by atoms with Crippen LogP contribution >= 0.6 is 0 Å². The van der Waals surface area contributed by atoms with Crippen LogP contribution in [0, 0.1) is 5.92 Å². The van der Waals surface area contributed by atoms with Gasteiger partial charge in [-0.25, -0.2) is 0 Å². The lowest BCUT2D eigenvalue weighted by Gasteiger charge is -2.35. The third-order valence-electron chi connectivity index (χ3n) is 9.17. The second kappa shape index (κ2) is 12.9. The summed E-state index contributed by atoms with van der Waals surface area (Å²) in [6.07, 6.45) is 8.42. The van der Waals surface area contributed by atoms with Crippen LogP contribution in [-0.4, -0.2) is 88.7 Å². The third-order valence-corrected chi connectivity index (χ3v) is 9.17. The minimum absolute atomic E-state index is 0.0244. The first-order valence-corrected chi connectivity index (χ1v) is 16.1. The maximum atomic E-state index is 14.0. The van der Waals surface area contributed by atoms with Crippen molar-refractivity contribution in [3.63, 3.8) is 0 Å². The molecule has 3 amide bonds. The first kappa shape index (κ1) is 30.5. The van der Waals surface area contributed by atoms with Crippen molar-refractivity contribution in [3.05, 3.63) is 59.2 Å². The molecule has 2 bridgehead atoms. The number of pyridine rings is 1. The van der Waals surface area contributed by atoms with Crippen LogP contribution < -0.4 is 5.32 Å². The van der Waals surface area contributed by atoms with E-state index >= 15 is 0 Å². The van der Waals surface area contributed by atoms with Crippen LogP contribution in [0.1, 0.15) is 78.1 Å². The molecule has 1 atom stereocenters. The zero-order chi connectivity index (χ0) is 31.7. The Morgan fingerprint density at radius 3 is 2.67 bits per heavy atom. The van der Waals surface area contributed by atoms with Gasteiger partial charge in [0.15, 0.2) is 17.2 Å². The molecule has 1 N–H and O–H groups in total. The monoisotopic (exact) mass is 613 g/mol. The first-order valence-electron chi connectivity index (χ1n) is 16.1. The van der Waals surface area contributed by atoms with E-state index in [0.29, 0.717) is 80.5 Å². The van der Waals surface area contributed by atoms with Gasteiger partial charge in [-0.3, -0.25) is 23.5 Å². The number of hydrogen-bond acceptors (Lipinski definition) is 6. The fourth-order valence-electron chi connectivity index (χ4n) is 6.63. The summed E-state index contributed by atoms with van der Waals surface area (Å²) in [4.78, 5) is 44.9.